The predicted octanol–water partition coefficient (Wildman–Crippen LogP) is 0.00370. The third kappa shape index (κ3) is 2.66. The zero-order valence-electron chi connectivity index (χ0n) is 8.52. The molecule has 0 aliphatic carbocycles. The lowest BCUT2D eigenvalue weighted by Gasteiger charge is -2.17. The molecule has 2 aliphatic rings. The molecular formula is C9H15N3O3. The average molecular weight is 213 g/mol. The van der Waals surface area contributed by atoms with Crippen molar-refractivity contribution in [1.82, 2.24) is 10.2 Å². The van der Waals surface area contributed by atoms with E-state index >= 15 is 0 Å². The van der Waals surface area contributed by atoms with E-state index in [-0.39, 0.29) is 5.92 Å². The minimum atomic E-state index is -0.435. The number of hydrogen-bond donors (Lipinski definition) is 1. The van der Waals surface area contributed by atoms with Gasteiger partial charge in [0, 0.05) is 32.2 Å². The van der Waals surface area contributed by atoms with Crippen LogP contribution in [-0.2, 0) is 4.74 Å². The number of rotatable bonds is 3. The smallest absolute Gasteiger partial charge is 0.272 e. The molecule has 0 aromatic rings. The molecule has 1 N–H and O–H groups in total. The third-order valence-electron chi connectivity index (χ3n) is 2.79. The number of nitrogens with one attached hydrogen (secondary N) is 1. The van der Waals surface area contributed by atoms with Gasteiger partial charge in [0.2, 0.25) is 0 Å². The van der Waals surface area contributed by atoms with E-state index in [1.165, 1.54) is 0 Å². The first-order chi connectivity index (χ1) is 7.25. The van der Waals surface area contributed by atoms with Crippen molar-refractivity contribution in [2.24, 2.45) is 5.92 Å². The van der Waals surface area contributed by atoms with Gasteiger partial charge in [0.15, 0.2) is 5.76 Å². The molecular weight excluding hydrogens is 198 g/mol. The Kier molecular flexibility index (Phi) is 3.17. The van der Waals surface area contributed by atoms with Gasteiger partial charge in [0.1, 0.15) is 0 Å². The molecule has 2 fully saturated rings. The average Bonchev–Trinajstić information content (AvgIpc) is 2.78. The summed E-state index contributed by atoms with van der Waals surface area (Å²) in [6.07, 6.45) is 1.89. The second kappa shape index (κ2) is 4.59. The Balaban J connectivity index is 1.92. The number of hydrogen-bond acceptors (Lipinski definition) is 5. The molecule has 6 heteroatoms. The van der Waals surface area contributed by atoms with Crippen LogP contribution in [0.4, 0.5) is 0 Å². The SMILES string of the molecule is O=[N+]([O-])C=C1OCCC1CN1CCNC1. The van der Waals surface area contributed by atoms with Crippen molar-refractivity contribution in [3.8, 4) is 0 Å². The van der Waals surface area contributed by atoms with E-state index in [1.807, 2.05) is 0 Å². The molecule has 6 nitrogen and oxygen atoms in total. The van der Waals surface area contributed by atoms with E-state index < -0.39 is 4.92 Å². The van der Waals surface area contributed by atoms with Gasteiger partial charge in [-0.25, -0.2) is 0 Å². The number of ether oxygens (including phenoxy) is 1. The molecule has 2 rings (SSSR count). The van der Waals surface area contributed by atoms with E-state index in [0.717, 1.165) is 38.9 Å². The largest absolute Gasteiger partial charge is 0.491 e. The molecule has 0 bridgehead atoms. The van der Waals surface area contributed by atoms with Crippen LogP contribution in [0.1, 0.15) is 6.42 Å². The molecule has 2 aliphatic heterocycles. The highest BCUT2D eigenvalue weighted by molar-refractivity contribution is 5.00. The number of nitro groups is 1. The predicted molar refractivity (Wildman–Crippen MR) is 53.6 cm³/mol. The Morgan fingerprint density at radius 3 is 3.27 bits per heavy atom. The van der Waals surface area contributed by atoms with Gasteiger partial charge in [-0.05, 0) is 6.42 Å². The topological polar surface area (TPSA) is 67.6 Å². The summed E-state index contributed by atoms with van der Waals surface area (Å²) in [6, 6.07) is 0. The Morgan fingerprint density at radius 2 is 2.60 bits per heavy atom. The van der Waals surface area contributed by atoms with Crippen LogP contribution in [0.15, 0.2) is 12.0 Å². The third-order valence-corrected chi connectivity index (χ3v) is 2.79. The number of nitrogens with zero attached hydrogens (tertiary/aromatic N) is 2. The minimum absolute atomic E-state index is 0.190. The molecule has 0 amide bonds. The molecule has 0 spiro atoms. The van der Waals surface area contributed by atoms with Crippen LogP contribution >= 0.6 is 0 Å². The summed E-state index contributed by atoms with van der Waals surface area (Å²) in [5.41, 5.74) is 0. The van der Waals surface area contributed by atoms with Crippen LogP contribution in [-0.4, -0.2) is 42.7 Å². The van der Waals surface area contributed by atoms with Crippen LogP contribution in [0, 0.1) is 16.0 Å². The summed E-state index contributed by atoms with van der Waals surface area (Å²) in [5.74, 6) is 0.724. The van der Waals surface area contributed by atoms with Crippen molar-refractivity contribution in [1.29, 1.82) is 0 Å². The van der Waals surface area contributed by atoms with E-state index in [2.05, 4.69) is 10.2 Å². The first kappa shape index (κ1) is 10.4. The molecule has 0 aromatic heterocycles. The van der Waals surface area contributed by atoms with Gasteiger partial charge in [-0.15, -0.1) is 0 Å². The summed E-state index contributed by atoms with van der Waals surface area (Å²) in [4.78, 5) is 12.2. The summed E-state index contributed by atoms with van der Waals surface area (Å²) < 4.78 is 5.26. The van der Waals surface area contributed by atoms with Crippen molar-refractivity contribution in [2.75, 3.05) is 32.9 Å². The monoisotopic (exact) mass is 213 g/mol. The molecule has 1 unspecified atom stereocenters. The van der Waals surface area contributed by atoms with Crippen LogP contribution < -0.4 is 5.32 Å². The van der Waals surface area contributed by atoms with E-state index in [4.69, 9.17) is 4.74 Å². The van der Waals surface area contributed by atoms with Crippen molar-refractivity contribution in [3.05, 3.63) is 22.1 Å². The van der Waals surface area contributed by atoms with Gasteiger partial charge in [-0.2, -0.15) is 0 Å². The van der Waals surface area contributed by atoms with E-state index in [0.29, 0.717) is 12.4 Å². The van der Waals surface area contributed by atoms with Crippen LogP contribution in [0.5, 0.6) is 0 Å². The van der Waals surface area contributed by atoms with Gasteiger partial charge in [0.05, 0.1) is 11.5 Å². The first-order valence-corrected chi connectivity index (χ1v) is 5.17. The normalized spacial score (nSPS) is 29.6. The molecule has 2 heterocycles. The van der Waals surface area contributed by atoms with Gasteiger partial charge < -0.3 is 10.1 Å². The molecule has 84 valence electrons. The van der Waals surface area contributed by atoms with Crippen molar-refractivity contribution >= 4 is 0 Å². The Bertz CT molecular complexity index is 274. The second-order valence-corrected chi connectivity index (χ2v) is 3.89. The maximum Gasteiger partial charge on any atom is 0.272 e. The first-order valence-electron chi connectivity index (χ1n) is 5.17. The van der Waals surface area contributed by atoms with Crippen molar-refractivity contribution < 1.29 is 9.66 Å². The maximum atomic E-state index is 10.4. The zero-order chi connectivity index (χ0) is 10.7. The quantitative estimate of drug-likeness (QED) is 0.528. The fourth-order valence-corrected chi connectivity index (χ4v) is 2.03. The van der Waals surface area contributed by atoms with Gasteiger partial charge in [0.25, 0.3) is 6.20 Å². The summed E-state index contributed by atoms with van der Waals surface area (Å²) in [6.45, 7) is 4.35. The molecule has 0 radical (unpaired) electrons. The van der Waals surface area contributed by atoms with Gasteiger partial charge in [-0.3, -0.25) is 15.0 Å². The van der Waals surface area contributed by atoms with Crippen LogP contribution in [0.2, 0.25) is 0 Å². The fraction of sp³-hybridized carbons (Fsp3) is 0.778. The van der Waals surface area contributed by atoms with E-state index in [1.54, 1.807) is 0 Å². The molecule has 0 saturated carbocycles. The lowest BCUT2D eigenvalue weighted by Crippen LogP contribution is -2.28. The standard InChI is InChI=1S/C9H15N3O3/c13-12(14)6-9-8(1-4-15-9)5-11-3-2-10-7-11/h6,8,10H,1-5,7H2. The van der Waals surface area contributed by atoms with E-state index in [9.17, 15) is 10.1 Å². The van der Waals surface area contributed by atoms with Gasteiger partial charge in [-0.1, -0.05) is 0 Å². The summed E-state index contributed by atoms with van der Waals surface area (Å²) in [7, 11) is 0. The minimum Gasteiger partial charge on any atom is -0.491 e. The fourth-order valence-electron chi connectivity index (χ4n) is 2.03. The molecule has 2 saturated heterocycles. The lowest BCUT2D eigenvalue weighted by atomic mass is 10.1. The summed E-state index contributed by atoms with van der Waals surface area (Å²) in [5, 5.41) is 13.6. The molecule has 1 atom stereocenters. The highest BCUT2D eigenvalue weighted by Crippen LogP contribution is 2.25. The Hall–Kier alpha value is -1.14. The van der Waals surface area contributed by atoms with Crippen molar-refractivity contribution in [3.63, 3.8) is 0 Å². The Morgan fingerprint density at radius 1 is 1.73 bits per heavy atom. The Labute approximate surface area is 88.0 Å². The van der Waals surface area contributed by atoms with Crippen LogP contribution in [0.3, 0.4) is 0 Å². The maximum absolute atomic E-state index is 10.4. The molecule has 0 aromatic carbocycles. The zero-order valence-corrected chi connectivity index (χ0v) is 8.52. The lowest BCUT2D eigenvalue weighted by molar-refractivity contribution is -0.405. The van der Waals surface area contributed by atoms with Crippen LogP contribution in [0.25, 0.3) is 0 Å². The second-order valence-electron chi connectivity index (χ2n) is 3.89. The van der Waals surface area contributed by atoms with Crippen molar-refractivity contribution in [2.45, 2.75) is 6.42 Å². The highest BCUT2D eigenvalue weighted by Gasteiger charge is 2.28. The molecule has 15 heavy (non-hydrogen) atoms. The summed E-state index contributed by atoms with van der Waals surface area (Å²) >= 11 is 0. The van der Waals surface area contributed by atoms with Gasteiger partial charge >= 0.3 is 0 Å². The highest BCUT2D eigenvalue weighted by atomic mass is 16.6.